The van der Waals surface area contributed by atoms with Crippen molar-refractivity contribution in [3.63, 3.8) is 0 Å². The van der Waals surface area contributed by atoms with Crippen LogP contribution in [0.15, 0.2) is 23.2 Å². The van der Waals surface area contributed by atoms with Crippen LogP contribution in [0.3, 0.4) is 0 Å². The Morgan fingerprint density at radius 1 is 1.21 bits per heavy atom. The molecule has 2 nitrogen and oxygen atoms in total. The van der Waals surface area contributed by atoms with Crippen molar-refractivity contribution >= 4 is 5.84 Å². The zero-order chi connectivity index (χ0) is 10.1. The SMILES string of the molecule is NC1=N[C@H](c2cc(F)cc(F)c2)CC1. The van der Waals surface area contributed by atoms with Crippen molar-refractivity contribution in [2.45, 2.75) is 18.9 Å². The number of rotatable bonds is 1. The van der Waals surface area contributed by atoms with Gasteiger partial charge < -0.3 is 5.73 Å². The van der Waals surface area contributed by atoms with Gasteiger partial charge in [-0.2, -0.15) is 0 Å². The van der Waals surface area contributed by atoms with E-state index in [4.69, 9.17) is 5.73 Å². The lowest BCUT2D eigenvalue weighted by Crippen LogP contribution is -2.05. The highest BCUT2D eigenvalue weighted by molar-refractivity contribution is 5.82. The van der Waals surface area contributed by atoms with E-state index in [9.17, 15) is 8.78 Å². The molecule has 74 valence electrons. The van der Waals surface area contributed by atoms with Crippen molar-refractivity contribution in [2.75, 3.05) is 0 Å². The Hall–Kier alpha value is -1.45. The molecule has 0 unspecified atom stereocenters. The number of nitrogens with two attached hydrogens (primary N) is 1. The van der Waals surface area contributed by atoms with Crippen LogP contribution in [0.4, 0.5) is 8.78 Å². The first kappa shape index (κ1) is 9.12. The normalized spacial score (nSPS) is 21.0. The highest BCUT2D eigenvalue weighted by Gasteiger charge is 2.18. The average Bonchev–Trinajstić information content (AvgIpc) is 2.50. The van der Waals surface area contributed by atoms with Gasteiger partial charge in [0.25, 0.3) is 0 Å². The Labute approximate surface area is 80.5 Å². The maximum atomic E-state index is 12.9. The van der Waals surface area contributed by atoms with Crippen LogP contribution < -0.4 is 5.73 Å². The molecular formula is C10H10F2N2. The van der Waals surface area contributed by atoms with E-state index in [1.54, 1.807) is 0 Å². The third kappa shape index (κ3) is 1.73. The van der Waals surface area contributed by atoms with Gasteiger partial charge in [0, 0.05) is 12.5 Å². The Bertz CT molecular complexity index is 367. The second-order valence-electron chi connectivity index (χ2n) is 3.38. The van der Waals surface area contributed by atoms with Gasteiger partial charge in [0.05, 0.1) is 11.9 Å². The van der Waals surface area contributed by atoms with Gasteiger partial charge in [-0.05, 0) is 24.1 Å². The minimum absolute atomic E-state index is 0.180. The highest BCUT2D eigenvalue weighted by Crippen LogP contribution is 2.28. The lowest BCUT2D eigenvalue weighted by atomic mass is 10.0. The summed E-state index contributed by atoms with van der Waals surface area (Å²) in [6.07, 6.45) is 1.43. The van der Waals surface area contributed by atoms with E-state index in [1.807, 2.05) is 0 Å². The molecule has 0 aliphatic carbocycles. The molecule has 0 amide bonds. The van der Waals surface area contributed by atoms with Crippen LogP contribution >= 0.6 is 0 Å². The summed E-state index contributed by atoms with van der Waals surface area (Å²) in [5.74, 6) is -0.582. The first-order chi connectivity index (χ1) is 6.65. The smallest absolute Gasteiger partial charge is 0.126 e. The van der Waals surface area contributed by atoms with Crippen LogP contribution in [-0.4, -0.2) is 5.84 Å². The number of amidine groups is 1. The van der Waals surface area contributed by atoms with Crippen molar-refractivity contribution in [3.05, 3.63) is 35.4 Å². The molecule has 1 aliphatic rings. The second-order valence-corrected chi connectivity index (χ2v) is 3.38. The van der Waals surface area contributed by atoms with Gasteiger partial charge in [-0.3, -0.25) is 4.99 Å². The lowest BCUT2D eigenvalue weighted by molar-refractivity contribution is 0.573. The first-order valence-electron chi connectivity index (χ1n) is 4.43. The highest BCUT2D eigenvalue weighted by atomic mass is 19.1. The molecule has 4 heteroatoms. The van der Waals surface area contributed by atoms with Crippen LogP contribution in [0.5, 0.6) is 0 Å². The summed E-state index contributed by atoms with van der Waals surface area (Å²) in [6.45, 7) is 0. The number of benzene rings is 1. The van der Waals surface area contributed by atoms with Crippen molar-refractivity contribution in [1.29, 1.82) is 0 Å². The molecule has 1 atom stereocenters. The van der Waals surface area contributed by atoms with Crippen LogP contribution in [0, 0.1) is 11.6 Å². The molecule has 0 spiro atoms. The van der Waals surface area contributed by atoms with Gasteiger partial charge in [0.2, 0.25) is 0 Å². The summed E-state index contributed by atoms with van der Waals surface area (Å²) in [4.78, 5) is 4.10. The molecule has 0 aromatic heterocycles. The van der Waals surface area contributed by atoms with Gasteiger partial charge in [-0.1, -0.05) is 0 Å². The Morgan fingerprint density at radius 2 is 1.86 bits per heavy atom. The topological polar surface area (TPSA) is 38.4 Å². The van der Waals surface area contributed by atoms with E-state index in [-0.39, 0.29) is 6.04 Å². The largest absolute Gasteiger partial charge is 0.387 e. The van der Waals surface area contributed by atoms with Gasteiger partial charge in [0.15, 0.2) is 0 Å². The average molecular weight is 196 g/mol. The second kappa shape index (κ2) is 3.36. The van der Waals surface area contributed by atoms with E-state index < -0.39 is 11.6 Å². The van der Waals surface area contributed by atoms with Crippen molar-refractivity contribution in [3.8, 4) is 0 Å². The van der Waals surface area contributed by atoms with Crippen LogP contribution in [0.2, 0.25) is 0 Å². The molecule has 1 aromatic rings. The maximum absolute atomic E-state index is 12.9. The van der Waals surface area contributed by atoms with E-state index >= 15 is 0 Å². The minimum Gasteiger partial charge on any atom is -0.387 e. The third-order valence-electron chi connectivity index (χ3n) is 2.27. The summed E-state index contributed by atoms with van der Waals surface area (Å²) >= 11 is 0. The zero-order valence-electron chi connectivity index (χ0n) is 7.50. The van der Waals surface area contributed by atoms with Gasteiger partial charge in [-0.25, -0.2) is 8.78 Å². The molecule has 2 N–H and O–H groups in total. The number of halogens is 2. The van der Waals surface area contributed by atoms with Gasteiger partial charge in [-0.15, -0.1) is 0 Å². The zero-order valence-corrected chi connectivity index (χ0v) is 7.50. The van der Waals surface area contributed by atoms with Crippen molar-refractivity contribution in [2.24, 2.45) is 10.7 Å². The Balaban J connectivity index is 2.32. The van der Waals surface area contributed by atoms with Gasteiger partial charge in [0.1, 0.15) is 11.6 Å². The summed E-state index contributed by atoms with van der Waals surface area (Å²) in [5, 5.41) is 0. The Kier molecular flexibility index (Phi) is 2.19. The predicted molar refractivity (Wildman–Crippen MR) is 50.0 cm³/mol. The fourth-order valence-corrected chi connectivity index (χ4v) is 1.62. The summed E-state index contributed by atoms with van der Waals surface area (Å²) in [5.41, 5.74) is 6.06. The van der Waals surface area contributed by atoms with Crippen LogP contribution in [0.1, 0.15) is 24.4 Å². The summed E-state index contributed by atoms with van der Waals surface area (Å²) < 4.78 is 25.7. The maximum Gasteiger partial charge on any atom is 0.126 e. The fraction of sp³-hybridized carbons (Fsp3) is 0.300. The standard InChI is InChI=1S/C10H10F2N2/c11-7-3-6(4-8(12)5-7)9-1-2-10(13)14-9/h3-5,9H,1-2H2,(H2,13,14)/t9-/m0/s1. The van der Waals surface area contributed by atoms with Crippen molar-refractivity contribution < 1.29 is 8.78 Å². The van der Waals surface area contributed by atoms with Crippen LogP contribution in [0.25, 0.3) is 0 Å². The summed E-state index contributed by atoms with van der Waals surface area (Å²) in [6, 6.07) is 3.28. The molecule has 0 saturated carbocycles. The van der Waals surface area contributed by atoms with Crippen LogP contribution in [-0.2, 0) is 0 Å². The predicted octanol–water partition coefficient (Wildman–Crippen LogP) is 2.16. The molecule has 0 radical (unpaired) electrons. The molecule has 0 bridgehead atoms. The van der Waals surface area contributed by atoms with E-state index in [2.05, 4.69) is 4.99 Å². The van der Waals surface area contributed by atoms with E-state index in [0.29, 0.717) is 17.8 Å². The molecule has 14 heavy (non-hydrogen) atoms. The number of hydrogen-bond donors (Lipinski definition) is 1. The molecule has 0 fully saturated rings. The van der Waals surface area contributed by atoms with E-state index in [1.165, 1.54) is 12.1 Å². The molecular weight excluding hydrogens is 186 g/mol. The Morgan fingerprint density at radius 3 is 2.36 bits per heavy atom. The fourth-order valence-electron chi connectivity index (χ4n) is 1.62. The summed E-state index contributed by atoms with van der Waals surface area (Å²) in [7, 11) is 0. The molecule has 1 aliphatic heterocycles. The quantitative estimate of drug-likeness (QED) is 0.734. The number of nitrogens with zero attached hydrogens (tertiary/aromatic N) is 1. The molecule has 0 saturated heterocycles. The minimum atomic E-state index is -0.569. The first-order valence-corrected chi connectivity index (χ1v) is 4.43. The molecule has 2 rings (SSSR count). The lowest BCUT2D eigenvalue weighted by Gasteiger charge is -2.06. The van der Waals surface area contributed by atoms with Gasteiger partial charge >= 0.3 is 0 Å². The van der Waals surface area contributed by atoms with Crippen molar-refractivity contribution in [1.82, 2.24) is 0 Å². The third-order valence-corrected chi connectivity index (χ3v) is 2.27. The number of aliphatic imine (C=N–C) groups is 1. The monoisotopic (exact) mass is 196 g/mol. The number of hydrogen-bond acceptors (Lipinski definition) is 2. The van der Waals surface area contributed by atoms with E-state index in [0.717, 1.165) is 12.5 Å². The molecule has 1 heterocycles. The molecule has 1 aromatic carbocycles.